The molecule has 0 saturated heterocycles. The van der Waals surface area contributed by atoms with Gasteiger partial charge < -0.3 is 21.3 Å². The lowest BCUT2D eigenvalue weighted by atomic mass is 9.85. The number of aliphatic hydroxyl groups is 1. The summed E-state index contributed by atoms with van der Waals surface area (Å²) < 4.78 is 0. The van der Waals surface area contributed by atoms with Crippen LogP contribution in [-0.4, -0.2) is 27.3 Å². The Kier molecular flexibility index (Phi) is 3.57. The maximum atomic E-state index is 12.1. The van der Waals surface area contributed by atoms with Crippen LogP contribution >= 0.6 is 0 Å². The van der Waals surface area contributed by atoms with E-state index in [1.165, 1.54) is 18.2 Å². The Morgan fingerprint density at radius 2 is 1.83 bits per heavy atom. The van der Waals surface area contributed by atoms with Gasteiger partial charge in [0.25, 0.3) is 5.91 Å². The topological polar surface area (TPSA) is 95.6 Å². The van der Waals surface area contributed by atoms with Crippen LogP contribution in [0.2, 0.25) is 0 Å². The fourth-order valence-electron chi connectivity index (χ4n) is 1.25. The Labute approximate surface area is 107 Å². The number of nitrogens with two attached hydrogens (primary N) is 1. The van der Waals surface area contributed by atoms with E-state index in [2.05, 4.69) is 5.32 Å². The normalized spacial score (nSPS) is 12.3. The standard InChI is InChI=1S/C13H20N2O3/c1-12(2,13(3,4)18)15-11(17)9-7-8(16)5-6-10(9)14/h5-7,16,18H,14H2,1-4H3,(H,15,17). The second-order valence-corrected chi connectivity index (χ2v) is 5.41. The molecule has 18 heavy (non-hydrogen) atoms. The van der Waals surface area contributed by atoms with Gasteiger partial charge in [0, 0.05) is 5.69 Å². The molecule has 0 bridgehead atoms. The first-order valence-corrected chi connectivity index (χ1v) is 5.68. The third-order valence-electron chi connectivity index (χ3n) is 3.24. The molecule has 5 heteroatoms. The number of nitrogen functional groups attached to an aromatic ring is 1. The van der Waals surface area contributed by atoms with Crippen LogP contribution in [0.15, 0.2) is 18.2 Å². The monoisotopic (exact) mass is 252 g/mol. The van der Waals surface area contributed by atoms with E-state index in [1.807, 2.05) is 0 Å². The molecule has 100 valence electrons. The van der Waals surface area contributed by atoms with Crippen LogP contribution in [0.3, 0.4) is 0 Å². The van der Waals surface area contributed by atoms with E-state index in [9.17, 15) is 15.0 Å². The van der Waals surface area contributed by atoms with Gasteiger partial charge in [-0.15, -0.1) is 0 Å². The number of amides is 1. The van der Waals surface area contributed by atoms with Crippen molar-refractivity contribution in [2.45, 2.75) is 38.8 Å². The van der Waals surface area contributed by atoms with Gasteiger partial charge >= 0.3 is 0 Å². The molecule has 0 spiro atoms. The zero-order valence-electron chi connectivity index (χ0n) is 11.1. The summed E-state index contributed by atoms with van der Waals surface area (Å²) in [6.45, 7) is 6.64. The molecule has 0 aliphatic rings. The van der Waals surface area contributed by atoms with E-state index in [0.717, 1.165) is 0 Å². The first kappa shape index (κ1) is 14.3. The summed E-state index contributed by atoms with van der Waals surface area (Å²) in [5.74, 6) is -0.467. The third-order valence-corrected chi connectivity index (χ3v) is 3.24. The number of rotatable bonds is 3. The second kappa shape index (κ2) is 4.49. The lowest BCUT2D eigenvalue weighted by Crippen LogP contribution is -2.57. The quantitative estimate of drug-likeness (QED) is 0.481. The van der Waals surface area contributed by atoms with Gasteiger partial charge in [-0.2, -0.15) is 0 Å². The molecule has 0 unspecified atom stereocenters. The average Bonchev–Trinajstić information content (AvgIpc) is 2.19. The van der Waals surface area contributed by atoms with Crippen LogP contribution in [0.5, 0.6) is 5.75 Å². The van der Waals surface area contributed by atoms with Crippen molar-refractivity contribution in [2.75, 3.05) is 5.73 Å². The van der Waals surface area contributed by atoms with E-state index in [-0.39, 0.29) is 17.0 Å². The highest BCUT2D eigenvalue weighted by atomic mass is 16.3. The number of carbonyl (C=O) groups is 1. The number of nitrogens with one attached hydrogen (secondary N) is 1. The predicted octanol–water partition coefficient (Wildman–Crippen LogP) is 1.25. The van der Waals surface area contributed by atoms with Crippen molar-refractivity contribution in [2.24, 2.45) is 0 Å². The van der Waals surface area contributed by atoms with Gasteiger partial charge in [-0.05, 0) is 45.9 Å². The van der Waals surface area contributed by atoms with Gasteiger partial charge in [-0.3, -0.25) is 4.79 Å². The van der Waals surface area contributed by atoms with Gasteiger partial charge in [0.1, 0.15) is 5.75 Å². The van der Waals surface area contributed by atoms with Gasteiger partial charge in [0.05, 0.1) is 16.7 Å². The summed E-state index contributed by atoms with van der Waals surface area (Å²) in [6.07, 6.45) is 0. The van der Waals surface area contributed by atoms with Gasteiger partial charge in [0.2, 0.25) is 0 Å². The van der Waals surface area contributed by atoms with E-state index in [0.29, 0.717) is 0 Å². The first-order chi connectivity index (χ1) is 8.04. The molecule has 1 amide bonds. The largest absolute Gasteiger partial charge is 0.508 e. The average molecular weight is 252 g/mol. The fourth-order valence-corrected chi connectivity index (χ4v) is 1.25. The van der Waals surface area contributed by atoms with Crippen LogP contribution in [-0.2, 0) is 0 Å². The highest BCUT2D eigenvalue weighted by Crippen LogP contribution is 2.23. The molecule has 1 rings (SSSR count). The Morgan fingerprint density at radius 3 is 2.33 bits per heavy atom. The first-order valence-electron chi connectivity index (χ1n) is 5.68. The molecule has 0 saturated carbocycles. The van der Waals surface area contributed by atoms with Crippen molar-refractivity contribution < 1.29 is 15.0 Å². The van der Waals surface area contributed by atoms with Crippen LogP contribution in [0.25, 0.3) is 0 Å². The van der Waals surface area contributed by atoms with Crippen LogP contribution in [0.4, 0.5) is 5.69 Å². The fraction of sp³-hybridized carbons (Fsp3) is 0.462. The number of benzene rings is 1. The number of phenols is 1. The molecule has 0 aliphatic carbocycles. The van der Waals surface area contributed by atoms with Gasteiger partial charge in [-0.25, -0.2) is 0 Å². The molecule has 1 aromatic rings. The molecular weight excluding hydrogens is 232 g/mol. The number of carbonyl (C=O) groups excluding carboxylic acids is 1. The molecule has 5 N–H and O–H groups in total. The summed E-state index contributed by atoms with van der Waals surface area (Å²) in [4.78, 5) is 12.1. The molecule has 0 fully saturated rings. The number of anilines is 1. The summed E-state index contributed by atoms with van der Waals surface area (Å²) in [7, 11) is 0. The Morgan fingerprint density at radius 1 is 1.28 bits per heavy atom. The molecule has 0 aliphatic heterocycles. The summed E-state index contributed by atoms with van der Waals surface area (Å²) in [5, 5.41) is 22.0. The SMILES string of the molecule is CC(C)(O)C(C)(C)NC(=O)c1cc(O)ccc1N. The van der Waals surface area contributed by atoms with Crippen LogP contribution < -0.4 is 11.1 Å². The zero-order valence-corrected chi connectivity index (χ0v) is 11.1. The minimum Gasteiger partial charge on any atom is -0.508 e. The molecular formula is C13H20N2O3. The summed E-state index contributed by atoms with van der Waals surface area (Å²) >= 11 is 0. The molecule has 0 heterocycles. The predicted molar refractivity (Wildman–Crippen MR) is 70.4 cm³/mol. The molecule has 1 aromatic carbocycles. The van der Waals surface area contributed by atoms with Crippen molar-refractivity contribution in [3.05, 3.63) is 23.8 Å². The van der Waals surface area contributed by atoms with Gasteiger partial charge in [0.15, 0.2) is 0 Å². The number of phenolic OH excluding ortho intramolecular Hbond substituents is 1. The highest BCUT2D eigenvalue weighted by molar-refractivity contribution is 6.00. The van der Waals surface area contributed by atoms with Crippen molar-refractivity contribution in [3.63, 3.8) is 0 Å². The number of aromatic hydroxyl groups is 1. The molecule has 0 aromatic heterocycles. The van der Waals surface area contributed by atoms with E-state index in [1.54, 1.807) is 27.7 Å². The Bertz CT molecular complexity index is 462. The van der Waals surface area contributed by atoms with Crippen molar-refractivity contribution in [1.82, 2.24) is 5.32 Å². The lowest BCUT2D eigenvalue weighted by Gasteiger charge is -2.38. The Balaban J connectivity index is 3.00. The minimum atomic E-state index is -1.09. The Hall–Kier alpha value is -1.75. The maximum Gasteiger partial charge on any atom is 0.254 e. The van der Waals surface area contributed by atoms with E-state index < -0.39 is 17.0 Å². The third kappa shape index (κ3) is 2.92. The zero-order chi connectivity index (χ0) is 14.1. The molecule has 5 nitrogen and oxygen atoms in total. The van der Waals surface area contributed by atoms with Crippen molar-refractivity contribution >= 4 is 11.6 Å². The van der Waals surface area contributed by atoms with Crippen LogP contribution in [0, 0.1) is 0 Å². The highest BCUT2D eigenvalue weighted by Gasteiger charge is 2.36. The number of hydrogen-bond donors (Lipinski definition) is 4. The molecule has 0 radical (unpaired) electrons. The minimum absolute atomic E-state index is 0.0320. The maximum absolute atomic E-state index is 12.1. The lowest BCUT2D eigenvalue weighted by molar-refractivity contribution is -0.00291. The second-order valence-electron chi connectivity index (χ2n) is 5.41. The smallest absolute Gasteiger partial charge is 0.254 e. The van der Waals surface area contributed by atoms with Crippen molar-refractivity contribution in [3.8, 4) is 5.75 Å². The van der Waals surface area contributed by atoms with Gasteiger partial charge in [-0.1, -0.05) is 0 Å². The summed E-state index contributed by atoms with van der Waals surface area (Å²) in [5.41, 5.74) is 4.23. The number of hydrogen-bond acceptors (Lipinski definition) is 4. The van der Waals surface area contributed by atoms with Crippen molar-refractivity contribution in [1.29, 1.82) is 0 Å². The van der Waals surface area contributed by atoms with E-state index >= 15 is 0 Å². The van der Waals surface area contributed by atoms with E-state index in [4.69, 9.17) is 5.73 Å². The van der Waals surface area contributed by atoms with Crippen LogP contribution in [0.1, 0.15) is 38.1 Å². The molecule has 0 atom stereocenters. The summed E-state index contributed by atoms with van der Waals surface area (Å²) in [6, 6.07) is 4.17.